The number of aryl methyl sites for hydroxylation is 1. The molecule has 0 unspecified atom stereocenters. The van der Waals surface area contributed by atoms with E-state index in [2.05, 4.69) is 60.2 Å². The fourth-order valence-electron chi connectivity index (χ4n) is 5.03. The van der Waals surface area contributed by atoms with E-state index in [1.165, 1.54) is 64.9 Å². The minimum absolute atomic E-state index is 0.381. The number of aromatic amines is 1. The van der Waals surface area contributed by atoms with Gasteiger partial charge in [-0.3, -0.25) is 4.68 Å². The van der Waals surface area contributed by atoms with Gasteiger partial charge in [-0.1, -0.05) is 19.9 Å². The highest BCUT2D eigenvalue weighted by Gasteiger charge is 2.23. The predicted octanol–water partition coefficient (Wildman–Crippen LogP) is 4.10. The number of thioether (sulfide) groups is 1. The molecule has 0 atom stereocenters. The quantitative estimate of drug-likeness (QED) is 0.388. The van der Waals surface area contributed by atoms with Crippen LogP contribution in [0.15, 0.2) is 35.6 Å². The fourth-order valence-corrected chi connectivity index (χ4v) is 5.47. The van der Waals surface area contributed by atoms with Crippen LogP contribution < -0.4 is 17.2 Å². The highest BCUT2D eigenvalue weighted by atomic mass is 32.2. The van der Waals surface area contributed by atoms with Gasteiger partial charge in [-0.05, 0) is 85.8 Å². The van der Waals surface area contributed by atoms with Crippen LogP contribution in [0.25, 0.3) is 22.2 Å². The third-order valence-electron chi connectivity index (χ3n) is 6.82. The molecule has 0 spiro atoms. The van der Waals surface area contributed by atoms with Crippen molar-refractivity contribution in [3.05, 3.63) is 52.6 Å². The maximum absolute atomic E-state index is 6.15. The first-order valence-electron chi connectivity index (χ1n) is 11.5. The SMILES string of the molecule is CSCCN1CCC(c2ccc3[nH]c(-c4cn(N)/c(=N\N)cc4C)c(C(C)C)c3c2)CC1. The van der Waals surface area contributed by atoms with Crippen LogP contribution in [0.3, 0.4) is 0 Å². The van der Waals surface area contributed by atoms with Crippen molar-refractivity contribution < 1.29 is 0 Å². The number of nitrogens with zero attached hydrogens (tertiary/aromatic N) is 3. The second kappa shape index (κ2) is 9.63. The first-order chi connectivity index (χ1) is 15.4. The summed E-state index contributed by atoms with van der Waals surface area (Å²) in [5, 5.41) is 5.10. The summed E-state index contributed by atoms with van der Waals surface area (Å²) in [4.78, 5) is 6.30. The molecule has 1 aliphatic rings. The molecular formula is C25H36N6S. The van der Waals surface area contributed by atoms with Crippen molar-refractivity contribution in [1.82, 2.24) is 14.6 Å². The summed E-state index contributed by atoms with van der Waals surface area (Å²) in [5.74, 6) is 13.9. The molecule has 5 N–H and O–H groups in total. The smallest absolute Gasteiger partial charge is 0.170 e. The highest BCUT2D eigenvalue weighted by Crippen LogP contribution is 2.38. The molecule has 2 aromatic heterocycles. The Kier molecular flexibility index (Phi) is 6.86. The topological polar surface area (TPSA) is 88.4 Å². The van der Waals surface area contributed by atoms with E-state index in [1.54, 1.807) is 0 Å². The summed E-state index contributed by atoms with van der Waals surface area (Å²) in [7, 11) is 0. The number of rotatable bonds is 6. The maximum Gasteiger partial charge on any atom is 0.170 e. The number of aromatic nitrogens is 2. The van der Waals surface area contributed by atoms with Gasteiger partial charge in [0.25, 0.3) is 0 Å². The molecule has 3 heterocycles. The van der Waals surface area contributed by atoms with E-state index in [-0.39, 0.29) is 0 Å². The molecule has 0 radical (unpaired) electrons. The summed E-state index contributed by atoms with van der Waals surface area (Å²) in [5.41, 5.74) is 7.88. The van der Waals surface area contributed by atoms with E-state index in [0.29, 0.717) is 17.3 Å². The average molecular weight is 453 g/mol. The number of pyridine rings is 1. The second-order valence-electron chi connectivity index (χ2n) is 9.25. The summed E-state index contributed by atoms with van der Waals surface area (Å²) in [6.45, 7) is 10.2. The van der Waals surface area contributed by atoms with Crippen LogP contribution in [-0.4, -0.2) is 46.2 Å². The van der Waals surface area contributed by atoms with E-state index < -0.39 is 0 Å². The molecule has 1 aromatic carbocycles. The van der Waals surface area contributed by atoms with E-state index in [4.69, 9.17) is 11.7 Å². The van der Waals surface area contributed by atoms with Crippen molar-refractivity contribution >= 4 is 22.7 Å². The molecule has 1 fully saturated rings. The molecule has 3 aromatic rings. The highest BCUT2D eigenvalue weighted by molar-refractivity contribution is 7.98. The Hall–Kier alpha value is -2.38. The summed E-state index contributed by atoms with van der Waals surface area (Å²) in [6.07, 6.45) is 6.59. The lowest BCUT2D eigenvalue weighted by Crippen LogP contribution is -2.34. The van der Waals surface area contributed by atoms with Crippen molar-refractivity contribution in [3.8, 4) is 11.3 Å². The van der Waals surface area contributed by atoms with Crippen molar-refractivity contribution in [2.45, 2.75) is 45.4 Å². The molecule has 1 saturated heterocycles. The lowest BCUT2D eigenvalue weighted by atomic mass is 9.87. The minimum Gasteiger partial charge on any atom is -0.354 e. The second-order valence-corrected chi connectivity index (χ2v) is 10.2. The molecule has 172 valence electrons. The Bertz CT molecular complexity index is 1150. The lowest BCUT2D eigenvalue weighted by molar-refractivity contribution is 0.224. The van der Waals surface area contributed by atoms with Gasteiger partial charge in [-0.2, -0.15) is 16.9 Å². The Labute approximate surface area is 195 Å². The van der Waals surface area contributed by atoms with Crippen molar-refractivity contribution in [2.75, 3.05) is 37.5 Å². The van der Waals surface area contributed by atoms with Crippen LogP contribution in [0.4, 0.5) is 0 Å². The monoisotopic (exact) mass is 452 g/mol. The lowest BCUT2D eigenvalue weighted by Gasteiger charge is -2.32. The van der Waals surface area contributed by atoms with E-state index in [9.17, 15) is 0 Å². The zero-order valence-corrected chi connectivity index (χ0v) is 20.5. The number of likely N-dealkylation sites (tertiary alicyclic amines) is 1. The van der Waals surface area contributed by atoms with Crippen LogP contribution >= 0.6 is 11.8 Å². The number of nitrogen functional groups attached to an aromatic ring is 1. The Morgan fingerprint density at radius 2 is 1.97 bits per heavy atom. The normalized spacial score (nSPS) is 16.5. The van der Waals surface area contributed by atoms with Crippen LogP contribution in [0.5, 0.6) is 0 Å². The van der Waals surface area contributed by atoms with Gasteiger partial charge in [-0.15, -0.1) is 0 Å². The standard InChI is InChI=1S/C25H36N6S/c1-16(2)24-20-14-19(18-7-9-30(10-8-18)11-12-32-4)5-6-22(20)28-25(24)21-15-31(27)23(29-26)13-17(21)3/h5-6,13-16,18,28H,7-12,26-27H2,1-4H3/b29-23-. The first-order valence-corrected chi connectivity index (χ1v) is 12.9. The third-order valence-corrected chi connectivity index (χ3v) is 7.41. The van der Waals surface area contributed by atoms with Crippen molar-refractivity contribution in [3.63, 3.8) is 0 Å². The molecule has 6 nitrogen and oxygen atoms in total. The molecule has 7 heteroatoms. The zero-order chi connectivity index (χ0) is 22.8. The van der Waals surface area contributed by atoms with Crippen LogP contribution in [0.1, 0.15) is 55.2 Å². The van der Waals surface area contributed by atoms with Gasteiger partial charge in [0.05, 0.1) is 5.69 Å². The number of benzene rings is 1. The Balaban J connectivity index is 1.71. The largest absolute Gasteiger partial charge is 0.354 e. The van der Waals surface area contributed by atoms with E-state index in [1.807, 2.05) is 24.0 Å². The number of nitrogens with two attached hydrogens (primary N) is 2. The Morgan fingerprint density at radius 1 is 1.22 bits per heavy atom. The number of H-pyrrole nitrogens is 1. The summed E-state index contributed by atoms with van der Waals surface area (Å²) in [6, 6.07) is 8.94. The average Bonchev–Trinajstić information content (AvgIpc) is 3.18. The number of nitrogens with one attached hydrogen (secondary N) is 1. The molecule has 1 aliphatic heterocycles. The van der Waals surface area contributed by atoms with Gasteiger partial charge >= 0.3 is 0 Å². The van der Waals surface area contributed by atoms with Gasteiger partial charge in [0, 0.05) is 35.0 Å². The van der Waals surface area contributed by atoms with E-state index in [0.717, 1.165) is 16.8 Å². The van der Waals surface area contributed by atoms with Gasteiger partial charge < -0.3 is 21.6 Å². The Morgan fingerprint density at radius 3 is 2.62 bits per heavy atom. The van der Waals surface area contributed by atoms with Crippen LogP contribution in [0.2, 0.25) is 0 Å². The molecular weight excluding hydrogens is 416 g/mol. The fraction of sp³-hybridized carbons (Fsp3) is 0.480. The summed E-state index contributed by atoms with van der Waals surface area (Å²) >= 11 is 1.94. The molecule has 0 bridgehead atoms. The third kappa shape index (κ3) is 4.41. The maximum atomic E-state index is 6.15. The molecule has 0 aliphatic carbocycles. The van der Waals surface area contributed by atoms with Crippen molar-refractivity contribution in [2.24, 2.45) is 10.9 Å². The van der Waals surface area contributed by atoms with Crippen molar-refractivity contribution in [1.29, 1.82) is 0 Å². The zero-order valence-electron chi connectivity index (χ0n) is 19.7. The molecule has 32 heavy (non-hydrogen) atoms. The number of hydrogen-bond donors (Lipinski definition) is 3. The van der Waals surface area contributed by atoms with Gasteiger partial charge in [0.1, 0.15) is 0 Å². The molecule has 0 amide bonds. The predicted molar refractivity (Wildman–Crippen MR) is 137 cm³/mol. The number of fused-ring (bicyclic) bond motifs is 1. The minimum atomic E-state index is 0.381. The molecule has 0 saturated carbocycles. The van der Waals surface area contributed by atoms with Gasteiger partial charge in [0.2, 0.25) is 0 Å². The van der Waals surface area contributed by atoms with Gasteiger partial charge in [-0.25, -0.2) is 0 Å². The number of hydrogen-bond acceptors (Lipinski definition) is 5. The number of piperidine rings is 1. The molecule has 4 rings (SSSR count). The van der Waals surface area contributed by atoms with Crippen LogP contribution in [-0.2, 0) is 0 Å². The van der Waals surface area contributed by atoms with Crippen LogP contribution in [0, 0.1) is 6.92 Å². The van der Waals surface area contributed by atoms with E-state index >= 15 is 0 Å². The van der Waals surface area contributed by atoms with Gasteiger partial charge in [0.15, 0.2) is 5.49 Å². The summed E-state index contributed by atoms with van der Waals surface area (Å²) < 4.78 is 1.49. The first kappa shape index (κ1) is 22.8.